The maximum absolute atomic E-state index is 13.0. The zero-order valence-electron chi connectivity index (χ0n) is 6.00. The Hall–Kier alpha value is -0.990. The molecule has 0 saturated carbocycles. The molecule has 0 saturated heterocycles. The van der Waals surface area contributed by atoms with E-state index in [1.165, 1.54) is 26.2 Å². The van der Waals surface area contributed by atoms with E-state index in [2.05, 4.69) is 9.97 Å². The second-order valence-electron chi connectivity index (χ2n) is 2.54. The third-order valence-corrected chi connectivity index (χ3v) is 1.10. The van der Waals surface area contributed by atoms with Gasteiger partial charge in [-0.3, -0.25) is 0 Å². The van der Waals surface area contributed by atoms with Gasteiger partial charge in [-0.25, -0.2) is 14.4 Å². The fraction of sp³-hybridized carbons (Fsp3) is 0.429. The molecule has 0 spiro atoms. The number of halogens is 1. The van der Waals surface area contributed by atoms with Crippen LogP contribution in [0.4, 0.5) is 4.39 Å². The molecule has 10 heavy (non-hydrogen) atoms. The van der Waals surface area contributed by atoms with Crippen LogP contribution in [0.5, 0.6) is 0 Å². The number of alkyl halides is 1. The first-order valence-electron chi connectivity index (χ1n) is 3.07. The topological polar surface area (TPSA) is 25.8 Å². The van der Waals surface area contributed by atoms with Gasteiger partial charge >= 0.3 is 0 Å². The Bertz CT molecular complexity index is 203. The summed E-state index contributed by atoms with van der Waals surface area (Å²) in [6, 6.07) is 1.66. The van der Waals surface area contributed by atoms with Crippen LogP contribution in [0.1, 0.15) is 19.7 Å². The Morgan fingerprint density at radius 3 is 2.10 bits per heavy atom. The van der Waals surface area contributed by atoms with Crippen LogP contribution in [0.3, 0.4) is 0 Å². The highest BCUT2D eigenvalue weighted by atomic mass is 19.1. The van der Waals surface area contributed by atoms with Gasteiger partial charge in [-0.15, -0.1) is 0 Å². The minimum Gasteiger partial charge on any atom is -0.238 e. The van der Waals surface area contributed by atoms with E-state index in [1.54, 1.807) is 6.07 Å². The van der Waals surface area contributed by atoms with Crippen LogP contribution in [0.2, 0.25) is 0 Å². The first-order valence-corrected chi connectivity index (χ1v) is 3.07. The Morgan fingerprint density at radius 1 is 1.30 bits per heavy atom. The van der Waals surface area contributed by atoms with Crippen molar-refractivity contribution in [1.29, 1.82) is 0 Å². The Labute approximate surface area is 59.1 Å². The van der Waals surface area contributed by atoms with Gasteiger partial charge in [0.25, 0.3) is 0 Å². The van der Waals surface area contributed by atoms with Crippen LogP contribution in [0.15, 0.2) is 18.5 Å². The standard InChI is InChI=1S/C7H9FN2/c1-7(2,8)6-9-4-3-5-10-6/h3-5H,1-2H3. The van der Waals surface area contributed by atoms with Crippen molar-refractivity contribution in [2.24, 2.45) is 0 Å². The summed E-state index contributed by atoms with van der Waals surface area (Å²) >= 11 is 0. The van der Waals surface area contributed by atoms with E-state index in [-0.39, 0.29) is 5.82 Å². The molecule has 0 aromatic carbocycles. The van der Waals surface area contributed by atoms with Crippen LogP contribution in [0.25, 0.3) is 0 Å². The SMILES string of the molecule is CC(C)(F)c1ncccn1. The molecule has 1 aromatic heterocycles. The van der Waals surface area contributed by atoms with Gasteiger partial charge in [0.05, 0.1) is 0 Å². The first-order chi connectivity index (χ1) is 4.61. The Balaban J connectivity index is 2.97. The van der Waals surface area contributed by atoms with Crippen molar-refractivity contribution >= 4 is 0 Å². The lowest BCUT2D eigenvalue weighted by atomic mass is 10.1. The average Bonchev–Trinajstić information content (AvgIpc) is 1.88. The van der Waals surface area contributed by atoms with Gasteiger partial charge in [-0.1, -0.05) is 0 Å². The zero-order valence-corrected chi connectivity index (χ0v) is 6.00. The third-order valence-electron chi connectivity index (χ3n) is 1.10. The molecule has 1 rings (SSSR count). The second kappa shape index (κ2) is 2.33. The molecule has 0 aliphatic rings. The number of nitrogens with zero attached hydrogens (tertiary/aromatic N) is 2. The fourth-order valence-electron chi connectivity index (χ4n) is 0.606. The van der Waals surface area contributed by atoms with E-state index in [0.717, 1.165) is 0 Å². The lowest BCUT2D eigenvalue weighted by Gasteiger charge is -2.10. The van der Waals surface area contributed by atoms with Gasteiger partial charge < -0.3 is 0 Å². The summed E-state index contributed by atoms with van der Waals surface area (Å²) in [5.74, 6) is 0.231. The maximum atomic E-state index is 13.0. The number of rotatable bonds is 1. The molecule has 0 unspecified atom stereocenters. The summed E-state index contributed by atoms with van der Waals surface area (Å²) in [5.41, 5.74) is -1.43. The largest absolute Gasteiger partial charge is 0.238 e. The van der Waals surface area contributed by atoms with E-state index < -0.39 is 5.67 Å². The van der Waals surface area contributed by atoms with Gasteiger partial charge in [0.15, 0.2) is 11.5 Å². The minimum atomic E-state index is -1.43. The third kappa shape index (κ3) is 1.50. The van der Waals surface area contributed by atoms with Gasteiger partial charge in [0.2, 0.25) is 0 Å². The monoisotopic (exact) mass is 140 g/mol. The quantitative estimate of drug-likeness (QED) is 0.593. The fourth-order valence-corrected chi connectivity index (χ4v) is 0.606. The molecule has 54 valence electrons. The molecular formula is C7H9FN2. The highest BCUT2D eigenvalue weighted by Gasteiger charge is 2.20. The molecule has 0 aliphatic heterocycles. The first kappa shape index (κ1) is 7.12. The van der Waals surface area contributed by atoms with E-state index in [0.29, 0.717) is 0 Å². The van der Waals surface area contributed by atoms with E-state index in [1.807, 2.05) is 0 Å². The predicted octanol–water partition coefficient (Wildman–Crippen LogP) is 1.68. The van der Waals surface area contributed by atoms with Gasteiger partial charge in [0, 0.05) is 12.4 Å². The lowest BCUT2D eigenvalue weighted by Crippen LogP contribution is -2.13. The smallest absolute Gasteiger partial charge is 0.165 e. The molecule has 1 aromatic rings. The van der Waals surface area contributed by atoms with Crippen LogP contribution in [-0.4, -0.2) is 9.97 Å². The summed E-state index contributed by atoms with van der Waals surface area (Å²) in [6.45, 7) is 2.87. The molecule has 0 fully saturated rings. The van der Waals surface area contributed by atoms with Gasteiger partial charge in [-0.05, 0) is 19.9 Å². The number of hydrogen-bond donors (Lipinski definition) is 0. The molecular weight excluding hydrogens is 131 g/mol. The Kier molecular flexibility index (Phi) is 1.66. The minimum absolute atomic E-state index is 0.231. The van der Waals surface area contributed by atoms with Crippen molar-refractivity contribution < 1.29 is 4.39 Å². The summed E-state index contributed by atoms with van der Waals surface area (Å²) < 4.78 is 13.0. The van der Waals surface area contributed by atoms with Crippen molar-refractivity contribution in [3.05, 3.63) is 24.3 Å². The van der Waals surface area contributed by atoms with Crippen molar-refractivity contribution in [3.63, 3.8) is 0 Å². The Morgan fingerprint density at radius 2 is 1.80 bits per heavy atom. The molecule has 0 amide bonds. The molecule has 0 bridgehead atoms. The van der Waals surface area contributed by atoms with E-state index in [9.17, 15) is 4.39 Å². The molecule has 0 N–H and O–H groups in total. The molecule has 1 heterocycles. The van der Waals surface area contributed by atoms with E-state index >= 15 is 0 Å². The zero-order chi connectivity index (χ0) is 7.61. The van der Waals surface area contributed by atoms with Gasteiger partial charge in [-0.2, -0.15) is 0 Å². The van der Waals surface area contributed by atoms with Crippen LogP contribution < -0.4 is 0 Å². The van der Waals surface area contributed by atoms with Crippen molar-refractivity contribution in [2.45, 2.75) is 19.5 Å². The van der Waals surface area contributed by atoms with Crippen molar-refractivity contribution in [2.75, 3.05) is 0 Å². The number of hydrogen-bond acceptors (Lipinski definition) is 2. The summed E-state index contributed by atoms with van der Waals surface area (Å²) in [6.07, 6.45) is 3.06. The summed E-state index contributed by atoms with van der Waals surface area (Å²) in [4.78, 5) is 7.53. The molecule has 0 atom stereocenters. The molecule has 0 radical (unpaired) electrons. The van der Waals surface area contributed by atoms with Crippen LogP contribution in [-0.2, 0) is 5.67 Å². The van der Waals surface area contributed by atoms with Crippen LogP contribution >= 0.6 is 0 Å². The van der Waals surface area contributed by atoms with Crippen molar-refractivity contribution in [3.8, 4) is 0 Å². The normalized spacial score (nSPS) is 11.5. The molecule has 2 nitrogen and oxygen atoms in total. The average molecular weight is 140 g/mol. The lowest BCUT2D eigenvalue weighted by molar-refractivity contribution is 0.206. The van der Waals surface area contributed by atoms with E-state index in [4.69, 9.17) is 0 Å². The molecule has 0 aliphatic carbocycles. The maximum Gasteiger partial charge on any atom is 0.165 e. The second-order valence-corrected chi connectivity index (χ2v) is 2.54. The molecule has 3 heteroatoms. The highest BCUT2D eigenvalue weighted by molar-refractivity contribution is 4.97. The number of aromatic nitrogens is 2. The van der Waals surface area contributed by atoms with Crippen molar-refractivity contribution in [1.82, 2.24) is 9.97 Å². The van der Waals surface area contributed by atoms with Gasteiger partial charge in [0.1, 0.15) is 0 Å². The predicted molar refractivity (Wildman–Crippen MR) is 36.2 cm³/mol. The van der Waals surface area contributed by atoms with Crippen LogP contribution in [0, 0.1) is 0 Å². The highest BCUT2D eigenvalue weighted by Crippen LogP contribution is 2.18. The summed E-state index contributed by atoms with van der Waals surface area (Å²) in [5, 5.41) is 0. The summed E-state index contributed by atoms with van der Waals surface area (Å²) in [7, 11) is 0.